The van der Waals surface area contributed by atoms with Crippen LogP contribution < -0.4 is 19.7 Å². The Kier molecular flexibility index (Phi) is 7.82. The van der Waals surface area contributed by atoms with Gasteiger partial charge in [0.1, 0.15) is 12.2 Å². The van der Waals surface area contributed by atoms with Gasteiger partial charge in [-0.15, -0.1) is 0 Å². The van der Waals surface area contributed by atoms with Gasteiger partial charge in [-0.05, 0) is 116 Å². The summed E-state index contributed by atoms with van der Waals surface area (Å²) in [7, 11) is 0. The number of urea groups is 1. The summed E-state index contributed by atoms with van der Waals surface area (Å²) in [5.74, 6) is 1.48. The molecule has 4 amide bonds. The fraction of sp³-hybridized carbons (Fsp3) is 0.351. The van der Waals surface area contributed by atoms with Crippen LogP contribution in [0.4, 0.5) is 10.5 Å². The van der Waals surface area contributed by atoms with Gasteiger partial charge < -0.3 is 9.47 Å². The van der Waals surface area contributed by atoms with Gasteiger partial charge in [0.25, 0.3) is 11.8 Å². The van der Waals surface area contributed by atoms with E-state index in [9.17, 15) is 19.6 Å². The maximum Gasteiger partial charge on any atom is 0.335 e. The number of nitriles is 1. The van der Waals surface area contributed by atoms with Gasteiger partial charge in [0.15, 0.2) is 11.5 Å². The SMILES string of the molecule is CCOc1cc(/C=C2\C(=O)NC(=O)N(c3ccc(C45CC6CC(CC(C6)C4)C5)cc3)C2=O)cc(Cl)c1OCc1ccccc1C#N. The maximum atomic E-state index is 13.7. The average molecular weight is 636 g/mol. The zero-order valence-corrected chi connectivity index (χ0v) is 26.3. The van der Waals surface area contributed by atoms with Crippen LogP contribution in [0.25, 0.3) is 6.08 Å². The van der Waals surface area contributed by atoms with Crippen molar-refractivity contribution in [2.45, 2.75) is 57.5 Å². The first-order valence-electron chi connectivity index (χ1n) is 15.9. The van der Waals surface area contributed by atoms with Crippen molar-refractivity contribution in [1.29, 1.82) is 5.26 Å². The fourth-order valence-corrected chi connectivity index (χ4v) is 8.74. The molecule has 8 rings (SSSR count). The third kappa shape index (κ3) is 5.43. The average Bonchev–Trinajstić information content (AvgIpc) is 3.02. The van der Waals surface area contributed by atoms with Gasteiger partial charge in [-0.3, -0.25) is 14.9 Å². The van der Waals surface area contributed by atoms with Gasteiger partial charge >= 0.3 is 6.03 Å². The summed E-state index contributed by atoms with van der Waals surface area (Å²) < 4.78 is 11.8. The molecule has 0 unspecified atom stereocenters. The minimum atomic E-state index is -0.793. The van der Waals surface area contributed by atoms with Crippen LogP contribution in [-0.2, 0) is 21.6 Å². The first-order valence-corrected chi connectivity index (χ1v) is 16.2. The molecule has 1 saturated heterocycles. The summed E-state index contributed by atoms with van der Waals surface area (Å²) in [5, 5.41) is 11.9. The molecule has 4 saturated carbocycles. The Balaban J connectivity index is 1.14. The lowest BCUT2D eigenvalue weighted by Gasteiger charge is -2.57. The Morgan fingerprint density at radius 1 is 0.978 bits per heavy atom. The van der Waals surface area contributed by atoms with Crippen molar-refractivity contribution >= 4 is 41.2 Å². The van der Waals surface area contributed by atoms with Crippen molar-refractivity contribution < 1.29 is 23.9 Å². The number of carbonyl (C=O) groups excluding carboxylic acids is 3. The summed E-state index contributed by atoms with van der Waals surface area (Å²) in [5.41, 5.74) is 3.27. The lowest BCUT2D eigenvalue weighted by Crippen LogP contribution is -2.54. The number of imide groups is 2. The van der Waals surface area contributed by atoms with Crippen LogP contribution >= 0.6 is 11.6 Å². The largest absolute Gasteiger partial charge is 0.490 e. The number of halogens is 1. The molecular formula is C37H34ClN3O5. The van der Waals surface area contributed by atoms with Crippen LogP contribution in [0.1, 0.15) is 67.7 Å². The lowest BCUT2D eigenvalue weighted by molar-refractivity contribution is -0.122. The van der Waals surface area contributed by atoms with Gasteiger partial charge in [-0.2, -0.15) is 5.26 Å². The molecule has 5 fully saturated rings. The van der Waals surface area contributed by atoms with Crippen LogP contribution in [-0.4, -0.2) is 24.5 Å². The number of rotatable bonds is 8. The molecule has 9 heteroatoms. The molecule has 1 N–H and O–H groups in total. The van der Waals surface area contributed by atoms with Crippen molar-refractivity contribution in [3.8, 4) is 17.6 Å². The highest BCUT2D eigenvalue weighted by molar-refractivity contribution is 6.39. The van der Waals surface area contributed by atoms with Crippen LogP contribution in [0.3, 0.4) is 0 Å². The monoisotopic (exact) mass is 635 g/mol. The molecule has 1 heterocycles. The van der Waals surface area contributed by atoms with Gasteiger partial charge in [0, 0.05) is 5.56 Å². The summed E-state index contributed by atoms with van der Waals surface area (Å²) in [4.78, 5) is 40.6. The van der Waals surface area contributed by atoms with Crippen molar-refractivity contribution in [1.82, 2.24) is 5.32 Å². The maximum absolute atomic E-state index is 13.7. The highest BCUT2D eigenvalue weighted by atomic mass is 35.5. The van der Waals surface area contributed by atoms with Crippen LogP contribution in [0.5, 0.6) is 11.5 Å². The minimum Gasteiger partial charge on any atom is -0.490 e. The summed E-state index contributed by atoms with van der Waals surface area (Å²) in [6.07, 6.45) is 9.10. The second kappa shape index (κ2) is 12.0. The number of carbonyl (C=O) groups is 3. The van der Waals surface area contributed by atoms with Crippen LogP contribution in [0, 0.1) is 29.1 Å². The Morgan fingerprint density at radius 2 is 1.65 bits per heavy atom. The highest BCUT2D eigenvalue weighted by Gasteiger charge is 2.51. The molecule has 0 spiro atoms. The number of hydrogen-bond acceptors (Lipinski definition) is 6. The molecule has 3 aromatic carbocycles. The molecule has 3 aromatic rings. The number of benzene rings is 3. The van der Waals surface area contributed by atoms with E-state index in [0.29, 0.717) is 34.7 Å². The van der Waals surface area contributed by atoms with E-state index in [1.165, 1.54) is 50.2 Å². The van der Waals surface area contributed by atoms with Gasteiger partial charge in [0.05, 0.1) is 28.9 Å². The van der Waals surface area contributed by atoms with E-state index in [1.54, 1.807) is 30.3 Å². The minimum absolute atomic E-state index is 0.0869. The predicted octanol–water partition coefficient (Wildman–Crippen LogP) is 7.32. The quantitative estimate of drug-likeness (QED) is 0.205. The van der Waals surface area contributed by atoms with E-state index < -0.39 is 17.8 Å². The second-order valence-corrected chi connectivity index (χ2v) is 13.4. The Bertz CT molecular complexity index is 1770. The number of amides is 4. The summed E-state index contributed by atoms with van der Waals surface area (Å²) >= 11 is 6.63. The second-order valence-electron chi connectivity index (χ2n) is 13.0. The van der Waals surface area contributed by atoms with Gasteiger partial charge in [0.2, 0.25) is 0 Å². The standard InChI is InChI=1S/C37H34ClN3O5/c1-2-45-32-16-22(15-31(38)33(32)46-21-27-6-4-3-5-26(27)20-39)14-30-34(42)40-36(44)41(35(30)43)29-9-7-28(8-10-29)37-17-23-11-24(18-37)13-25(12-23)19-37/h3-10,14-16,23-25H,2,11-13,17-19,21H2,1H3,(H,40,42,44)/b30-14+. The first-order chi connectivity index (χ1) is 22.3. The molecule has 1 aliphatic heterocycles. The summed E-state index contributed by atoms with van der Waals surface area (Å²) in [6.45, 7) is 2.20. The molecule has 5 aliphatic rings. The fourth-order valence-electron chi connectivity index (χ4n) is 8.47. The zero-order valence-electron chi connectivity index (χ0n) is 25.6. The number of nitrogens with zero attached hydrogens (tertiary/aromatic N) is 2. The first kappa shape index (κ1) is 30.1. The number of anilines is 1. The number of nitrogens with one attached hydrogen (secondary N) is 1. The molecular weight excluding hydrogens is 602 g/mol. The topological polar surface area (TPSA) is 109 Å². The van der Waals surface area contributed by atoms with E-state index >= 15 is 0 Å². The zero-order chi connectivity index (χ0) is 32.0. The van der Waals surface area contributed by atoms with Crippen molar-refractivity contribution in [3.63, 3.8) is 0 Å². The van der Waals surface area contributed by atoms with E-state index in [4.69, 9.17) is 21.1 Å². The van der Waals surface area contributed by atoms with Crippen molar-refractivity contribution in [2.75, 3.05) is 11.5 Å². The van der Waals surface area contributed by atoms with E-state index in [1.807, 2.05) is 25.1 Å². The van der Waals surface area contributed by atoms with Crippen LogP contribution in [0.2, 0.25) is 5.02 Å². The molecule has 4 aliphatic carbocycles. The van der Waals surface area contributed by atoms with Gasteiger partial charge in [-0.1, -0.05) is 41.9 Å². The highest BCUT2D eigenvalue weighted by Crippen LogP contribution is 2.60. The Labute approximate surface area is 272 Å². The molecule has 8 nitrogen and oxygen atoms in total. The smallest absolute Gasteiger partial charge is 0.335 e. The molecule has 234 valence electrons. The van der Waals surface area contributed by atoms with Crippen LogP contribution in [0.15, 0.2) is 66.2 Å². The van der Waals surface area contributed by atoms with Gasteiger partial charge in [-0.25, -0.2) is 9.69 Å². The van der Waals surface area contributed by atoms with Crippen molar-refractivity contribution in [3.05, 3.63) is 93.5 Å². The third-order valence-corrected chi connectivity index (χ3v) is 10.3. The lowest BCUT2D eigenvalue weighted by atomic mass is 9.48. The number of barbiturate groups is 1. The number of hydrogen-bond donors (Lipinski definition) is 1. The van der Waals surface area contributed by atoms with Crippen molar-refractivity contribution in [2.24, 2.45) is 17.8 Å². The molecule has 0 radical (unpaired) electrons. The van der Waals surface area contributed by atoms with E-state index in [-0.39, 0.29) is 28.4 Å². The Morgan fingerprint density at radius 3 is 2.30 bits per heavy atom. The molecule has 4 bridgehead atoms. The van der Waals surface area contributed by atoms with E-state index in [2.05, 4.69) is 23.5 Å². The summed E-state index contributed by atoms with van der Waals surface area (Å²) in [6, 6.07) is 19.4. The normalized spacial score (nSPS) is 25.8. The number of ether oxygens (including phenoxy) is 2. The van der Waals surface area contributed by atoms with E-state index in [0.717, 1.165) is 22.7 Å². The molecule has 0 aromatic heterocycles. The molecule has 0 atom stereocenters. The Hall–Kier alpha value is -4.61. The predicted molar refractivity (Wildman–Crippen MR) is 173 cm³/mol. The molecule has 46 heavy (non-hydrogen) atoms. The third-order valence-electron chi connectivity index (χ3n) is 10.0.